The number of pyridine rings is 2. The van der Waals surface area contributed by atoms with E-state index < -0.39 is 57.5 Å². The highest BCUT2D eigenvalue weighted by Gasteiger charge is 2.37. The van der Waals surface area contributed by atoms with Gasteiger partial charge in [0.15, 0.2) is 17.5 Å². The van der Waals surface area contributed by atoms with Gasteiger partial charge in [-0.1, -0.05) is 0 Å². The van der Waals surface area contributed by atoms with Gasteiger partial charge in [0.05, 0.1) is 22.4 Å². The fourth-order valence-electron chi connectivity index (χ4n) is 4.81. The average molecular weight is 583 g/mol. The number of anilines is 3. The van der Waals surface area contributed by atoms with E-state index in [1.54, 1.807) is 4.90 Å². The van der Waals surface area contributed by atoms with Gasteiger partial charge in [-0.3, -0.25) is 14.5 Å². The van der Waals surface area contributed by atoms with Crippen LogP contribution in [0.4, 0.5) is 43.5 Å². The third kappa shape index (κ3) is 5.87. The second kappa shape index (κ2) is 11.1. The minimum Gasteiger partial charge on any atom is -0.367 e. The zero-order valence-corrected chi connectivity index (χ0v) is 22.8. The van der Waals surface area contributed by atoms with Crippen molar-refractivity contribution in [1.82, 2.24) is 14.9 Å². The van der Waals surface area contributed by atoms with Gasteiger partial charge in [-0.15, -0.1) is 0 Å². The summed E-state index contributed by atoms with van der Waals surface area (Å²) in [7, 11) is 4.94. The van der Waals surface area contributed by atoms with Crippen LogP contribution in [0, 0.1) is 17.5 Å². The summed E-state index contributed by atoms with van der Waals surface area (Å²) in [6.45, 7) is 4.33. The Hall–Kier alpha value is -4.07. The lowest BCUT2D eigenvalue weighted by molar-refractivity contribution is -0.138. The number of hydrogen-bond donors (Lipinski definition) is 2. The summed E-state index contributed by atoms with van der Waals surface area (Å²) < 4.78 is 87.5. The number of hydrogen-bond acceptors (Lipinski definition) is 6. The third-order valence-corrected chi connectivity index (χ3v) is 7.14. The number of aromatic nitrogens is 2. The molecule has 1 saturated heterocycles. The van der Waals surface area contributed by atoms with E-state index in [4.69, 9.17) is 0 Å². The predicted molar refractivity (Wildman–Crippen MR) is 143 cm³/mol. The minimum absolute atomic E-state index is 0.0824. The third-order valence-electron chi connectivity index (χ3n) is 7.14. The number of carbonyl (C=O) groups excluding carboxylic acids is 1. The van der Waals surface area contributed by atoms with Gasteiger partial charge in [0, 0.05) is 69.4 Å². The maximum atomic E-state index is 16.2. The number of aromatic amines is 1. The molecule has 3 aromatic rings. The number of H-pyrrole nitrogens is 1. The Morgan fingerprint density at radius 3 is 2.27 bits per heavy atom. The van der Waals surface area contributed by atoms with E-state index in [-0.39, 0.29) is 48.3 Å². The summed E-state index contributed by atoms with van der Waals surface area (Å²) in [6.07, 6.45) is -3.45. The van der Waals surface area contributed by atoms with Gasteiger partial charge >= 0.3 is 6.18 Å². The van der Waals surface area contributed by atoms with E-state index in [1.807, 2.05) is 30.8 Å². The van der Waals surface area contributed by atoms with Crippen molar-refractivity contribution in [1.29, 1.82) is 0 Å². The molecule has 2 atom stereocenters. The Bertz CT molecular complexity index is 1530. The Morgan fingerprint density at radius 2 is 1.71 bits per heavy atom. The van der Waals surface area contributed by atoms with E-state index in [1.165, 1.54) is 19.0 Å². The van der Waals surface area contributed by atoms with Crippen LogP contribution < -0.4 is 20.7 Å². The lowest BCUT2D eigenvalue weighted by atomic mass is 10.0. The second-order valence-electron chi connectivity index (χ2n) is 10.2. The van der Waals surface area contributed by atoms with Crippen molar-refractivity contribution in [2.45, 2.75) is 32.1 Å². The van der Waals surface area contributed by atoms with Gasteiger partial charge < -0.3 is 20.1 Å². The molecule has 0 radical (unpaired) electrons. The monoisotopic (exact) mass is 582 g/mol. The summed E-state index contributed by atoms with van der Waals surface area (Å²) in [5.74, 6) is -4.77. The fourth-order valence-corrected chi connectivity index (χ4v) is 4.81. The Morgan fingerprint density at radius 1 is 1.07 bits per heavy atom. The molecule has 2 N–H and O–H groups in total. The van der Waals surface area contributed by atoms with Crippen LogP contribution in [-0.4, -0.2) is 67.1 Å². The molecule has 1 amide bonds. The number of carbonyl (C=O) groups is 1. The standard InChI is InChI=1S/C27H28F6N6O2/c1-13-11-39(12-14(2)38(13)5)20-8-18(28)22(15-6-19(29)25(35-9-15)37(3)4)23(30)24(20)36-26(41)16-10-34-21(40)7-17(16)27(31,32)33/h6-10,13-14H,11-12H2,1-5H3,(H,34,40)(H,36,41)/t13-,14+. The van der Waals surface area contributed by atoms with Gasteiger partial charge in [-0.05, 0) is 27.0 Å². The van der Waals surface area contributed by atoms with Crippen LogP contribution >= 0.6 is 0 Å². The largest absolute Gasteiger partial charge is 0.417 e. The first kappa shape index (κ1) is 29.9. The molecule has 4 rings (SSSR count). The molecule has 0 unspecified atom stereocenters. The lowest BCUT2D eigenvalue weighted by Crippen LogP contribution is -2.55. The topological polar surface area (TPSA) is 84.6 Å². The predicted octanol–water partition coefficient (Wildman–Crippen LogP) is 4.72. The normalized spacial score (nSPS) is 18.0. The van der Waals surface area contributed by atoms with Crippen molar-refractivity contribution in [3.05, 3.63) is 69.5 Å². The quantitative estimate of drug-likeness (QED) is 0.424. The molecule has 1 aliphatic heterocycles. The summed E-state index contributed by atoms with van der Waals surface area (Å²) in [6, 6.07) is 1.88. The zero-order chi connectivity index (χ0) is 30.4. The number of halogens is 6. The van der Waals surface area contributed by atoms with E-state index in [0.29, 0.717) is 6.20 Å². The van der Waals surface area contributed by atoms with E-state index in [0.717, 1.165) is 18.3 Å². The van der Waals surface area contributed by atoms with E-state index in [9.17, 15) is 27.2 Å². The molecule has 1 fully saturated rings. The number of benzene rings is 1. The zero-order valence-electron chi connectivity index (χ0n) is 22.8. The molecule has 0 spiro atoms. The number of nitrogens with one attached hydrogen (secondary N) is 2. The molecule has 14 heteroatoms. The van der Waals surface area contributed by atoms with Crippen molar-refractivity contribution in [3.8, 4) is 11.1 Å². The van der Waals surface area contributed by atoms with Crippen molar-refractivity contribution < 1.29 is 31.1 Å². The molecule has 3 heterocycles. The van der Waals surface area contributed by atoms with Crippen LogP contribution in [0.25, 0.3) is 11.1 Å². The number of piperazine rings is 1. The van der Waals surface area contributed by atoms with Gasteiger partial charge in [0.1, 0.15) is 11.5 Å². The Balaban J connectivity index is 1.89. The second-order valence-corrected chi connectivity index (χ2v) is 10.2. The first-order chi connectivity index (χ1) is 19.1. The first-order valence-electron chi connectivity index (χ1n) is 12.5. The molecule has 0 bridgehead atoms. The van der Waals surface area contributed by atoms with Crippen molar-refractivity contribution in [3.63, 3.8) is 0 Å². The SMILES string of the molecule is C[C@@H]1CN(c2cc(F)c(-c3cnc(N(C)C)c(F)c3)c(F)c2NC(=O)c2c[nH]c(=O)cc2C(F)(F)F)C[C@H](C)N1C. The number of likely N-dealkylation sites (N-methyl/N-ethyl adjacent to an activating group) is 1. The van der Waals surface area contributed by atoms with Crippen LogP contribution in [0.1, 0.15) is 29.8 Å². The van der Waals surface area contributed by atoms with Gasteiger partial charge in [-0.2, -0.15) is 13.2 Å². The molecule has 41 heavy (non-hydrogen) atoms. The van der Waals surface area contributed by atoms with E-state index >= 15 is 8.78 Å². The van der Waals surface area contributed by atoms with Crippen LogP contribution in [0.15, 0.2) is 35.4 Å². The van der Waals surface area contributed by atoms with Crippen LogP contribution in [0.2, 0.25) is 0 Å². The summed E-state index contributed by atoms with van der Waals surface area (Å²) in [5.41, 5.74) is -5.33. The molecule has 1 aliphatic rings. The van der Waals surface area contributed by atoms with Gasteiger partial charge in [0.25, 0.3) is 5.91 Å². The van der Waals surface area contributed by atoms with E-state index in [2.05, 4.69) is 10.3 Å². The number of alkyl halides is 3. The highest BCUT2D eigenvalue weighted by Crippen LogP contribution is 2.40. The number of amides is 1. The minimum atomic E-state index is -5.07. The van der Waals surface area contributed by atoms with Crippen LogP contribution in [-0.2, 0) is 6.18 Å². The molecule has 8 nitrogen and oxygen atoms in total. The molecular weight excluding hydrogens is 554 g/mol. The van der Waals surface area contributed by atoms with Gasteiger partial charge in [0.2, 0.25) is 5.56 Å². The maximum Gasteiger partial charge on any atom is 0.417 e. The first-order valence-corrected chi connectivity index (χ1v) is 12.5. The molecule has 2 aromatic heterocycles. The Kier molecular flexibility index (Phi) is 8.07. The molecule has 0 aliphatic carbocycles. The molecule has 1 aromatic carbocycles. The lowest BCUT2D eigenvalue weighted by Gasteiger charge is -2.44. The Labute approximate surface area is 231 Å². The molecule has 0 saturated carbocycles. The summed E-state index contributed by atoms with van der Waals surface area (Å²) in [5, 5.41) is 2.17. The van der Waals surface area contributed by atoms with Crippen LogP contribution in [0.3, 0.4) is 0 Å². The van der Waals surface area contributed by atoms with Crippen molar-refractivity contribution >= 4 is 23.1 Å². The number of rotatable bonds is 5. The fraction of sp³-hybridized carbons (Fsp3) is 0.370. The highest BCUT2D eigenvalue weighted by molar-refractivity contribution is 6.07. The van der Waals surface area contributed by atoms with Crippen molar-refractivity contribution in [2.24, 2.45) is 0 Å². The number of nitrogens with zero attached hydrogens (tertiary/aromatic N) is 4. The van der Waals surface area contributed by atoms with Crippen molar-refractivity contribution in [2.75, 3.05) is 49.3 Å². The smallest absolute Gasteiger partial charge is 0.367 e. The van der Waals surface area contributed by atoms with Crippen LogP contribution in [0.5, 0.6) is 0 Å². The molecular formula is C27H28F6N6O2. The van der Waals surface area contributed by atoms with Gasteiger partial charge in [-0.25, -0.2) is 18.2 Å². The summed E-state index contributed by atoms with van der Waals surface area (Å²) >= 11 is 0. The summed E-state index contributed by atoms with van der Waals surface area (Å²) in [4.78, 5) is 35.7. The maximum absolute atomic E-state index is 16.2. The average Bonchev–Trinajstić information content (AvgIpc) is 2.87. The molecule has 220 valence electrons. The highest BCUT2D eigenvalue weighted by atomic mass is 19.4.